The van der Waals surface area contributed by atoms with E-state index < -0.39 is 22.3 Å². The van der Waals surface area contributed by atoms with E-state index in [2.05, 4.69) is 15.9 Å². The Morgan fingerprint density at radius 2 is 2.03 bits per heavy atom. The Balaban J connectivity index is 1.57. The largest absolute Gasteiger partial charge is 0.312 e. The number of carbonyl (C=O) groups is 2. The highest BCUT2D eigenvalue weighted by molar-refractivity contribution is 9.10. The van der Waals surface area contributed by atoms with E-state index in [0.717, 1.165) is 40.7 Å². The van der Waals surface area contributed by atoms with Crippen molar-refractivity contribution in [2.75, 3.05) is 22.9 Å². The van der Waals surface area contributed by atoms with Gasteiger partial charge in [-0.3, -0.25) is 19.7 Å². The molecule has 2 aliphatic heterocycles. The van der Waals surface area contributed by atoms with E-state index in [9.17, 15) is 24.1 Å². The van der Waals surface area contributed by atoms with Gasteiger partial charge in [0.15, 0.2) is 0 Å². The lowest BCUT2D eigenvalue weighted by atomic mass is 9.99. The van der Waals surface area contributed by atoms with Gasteiger partial charge in [-0.2, -0.15) is 4.39 Å². The number of carbonyl (C=O) groups excluding carboxylic acids is 2. The number of fused-ring (bicyclic) bond motifs is 1. The molecule has 7 nitrogen and oxygen atoms in total. The molecule has 9 heteroatoms. The average molecular weight is 462 g/mol. The summed E-state index contributed by atoms with van der Waals surface area (Å²) in [5, 5.41) is 11.0. The number of rotatable bonds is 3. The number of anilines is 2. The Kier molecular flexibility index (Phi) is 5.08. The van der Waals surface area contributed by atoms with E-state index in [1.54, 1.807) is 4.90 Å². The molecule has 0 aliphatic carbocycles. The molecule has 1 saturated heterocycles. The molecule has 2 aromatic carbocycles. The Morgan fingerprint density at radius 3 is 2.79 bits per heavy atom. The van der Waals surface area contributed by atoms with Crippen LogP contribution in [0.3, 0.4) is 0 Å². The number of hydrogen-bond acceptors (Lipinski definition) is 4. The second-order valence-electron chi connectivity index (χ2n) is 7.16. The van der Waals surface area contributed by atoms with Crippen molar-refractivity contribution >= 4 is 44.8 Å². The van der Waals surface area contributed by atoms with Gasteiger partial charge in [0.1, 0.15) is 0 Å². The Labute approximate surface area is 174 Å². The molecule has 1 unspecified atom stereocenters. The summed E-state index contributed by atoms with van der Waals surface area (Å²) in [7, 11) is 0. The number of amides is 2. The zero-order chi connectivity index (χ0) is 20.7. The molecule has 29 heavy (non-hydrogen) atoms. The van der Waals surface area contributed by atoms with Gasteiger partial charge in [0.2, 0.25) is 17.6 Å². The van der Waals surface area contributed by atoms with Crippen LogP contribution >= 0.6 is 15.9 Å². The monoisotopic (exact) mass is 461 g/mol. The van der Waals surface area contributed by atoms with Crippen molar-refractivity contribution in [3.05, 3.63) is 62.4 Å². The molecule has 0 aromatic heterocycles. The van der Waals surface area contributed by atoms with E-state index in [-0.39, 0.29) is 30.5 Å². The molecule has 150 valence electrons. The van der Waals surface area contributed by atoms with Gasteiger partial charge in [-0.15, -0.1) is 0 Å². The van der Waals surface area contributed by atoms with E-state index in [1.807, 2.05) is 18.2 Å². The standard InChI is InChI=1S/C20H17BrFN3O4/c21-14-3-6-17-12(8-14)2-1-7-23(17)20(27)13-9-19(26)24(11-13)15-4-5-16(22)18(10-15)25(28)29/h3-6,8,10,13H,1-2,7,9,11H2. The van der Waals surface area contributed by atoms with E-state index >= 15 is 0 Å². The minimum atomic E-state index is -0.964. The highest BCUT2D eigenvalue weighted by Gasteiger charge is 2.39. The summed E-state index contributed by atoms with van der Waals surface area (Å²) in [6.07, 6.45) is 1.74. The number of aryl methyl sites for hydroxylation is 1. The fourth-order valence-electron chi connectivity index (χ4n) is 3.95. The molecule has 0 radical (unpaired) electrons. The molecule has 1 atom stereocenters. The smallest absolute Gasteiger partial charge is 0.306 e. The predicted octanol–water partition coefficient (Wildman–Crippen LogP) is 3.83. The van der Waals surface area contributed by atoms with Gasteiger partial charge in [-0.1, -0.05) is 15.9 Å². The lowest BCUT2D eigenvalue weighted by Crippen LogP contribution is -2.40. The molecule has 4 rings (SSSR count). The van der Waals surface area contributed by atoms with Gasteiger partial charge in [-0.25, -0.2) is 0 Å². The molecule has 0 N–H and O–H groups in total. The maximum atomic E-state index is 13.6. The van der Waals surface area contributed by atoms with Crippen LogP contribution in [0.15, 0.2) is 40.9 Å². The van der Waals surface area contributed by atoms with Crippen LogP contribution in [0.2, 0.25) is 0 Å². The SMILES string of the molecule is O=C1CC(C(=O)N2CCCc3cc(Br)ccc32)CN1c1ccc(F)c([N+](=O)[O-])c1. The Bertz CT molecular complexity index is 1030. The van der Waals surface area contributed by atoms with Crippen molar-refractivity contribution in [2.24, 2.45) is 5.92 Å². The number of benzene rings is 2. The van der Waals surface area contributed by atoms with Crippen LogP contribution in [0, 0.1) is 21.8 Å². The number of nitrogens with zero attached hydrogens (tertiary/aromatic N) is 3. The molecule has 0 spiro atoms. The maximum absolute atomic E-state index is 13.6. The van der Waals surface area contributed by atoms with Crippen molar-refractivity contribution in [3.8, 4) is 0 Å². The topological polar surface area (TPSA) is 83.8 Å². The molecule has 1 fully saturated rings. The number of nitro benzene ring substituents is 1. The van der Waals surface area contributed by atoms with Crippen molar-refractivity contribution in [1.29, 1.82) is 0 Å². The van der Waals surface area contributed by atoms with Crippen molar-refractivity contribution < 1.29 is 18.9 Å². The molecule has 2 aromatic rings. The quantitative estimate of drug-likeness (QED) is 0.513. The highest BCUT2D eigenvalue weighted by atomic mass is 79.9. The van der Waals surface area contributed by atoms with E-state index in [1.165, 1.54) is 11.0 Å². The maximum Gasteiger partial charge on any atom is 0.306 e. The van der Waals surface area contributed by atoms with Crippen LogP contribution in [-0.2, 0) is 16.0 Å². The fraction of sp³-hybridized carbons (Fsp3) is 0.300. The first-order valence-electron chi connectivity index (χ1n) is 9.19. The van der Waals surface area contributed by atoms with Gasteiger partial charge in [-0.05, 0) is 48.7 Å². The number of nitro groups is 1. The third-order valence-electron chi connectivity index (χ3n) is 5.34. The van der Waals surface area contributed by atoms with Crippen LogP contribution in [0.25, 0.3) is 0 Å². The molecule has 0 bridgehead atoms. The van der Waals surface area contributed by atoms with Crippen LogP contribution in [0.5, 0.6) is 0 Å². The van der Waals surface area contributed by atoms with Crippen molar-refractivity contribution in [3.63, 3.8) is 0 Å². The van der Waals surface area contributed by atoms with Crippen LogP contribution < -0.4 is 9.80 Å². The lowest BCUT2D eigenvalue weighted by molar-refractivity contribution is -0.387. The third kappa shape index (κ3) is 3.62. The molecule has 2 amide bonds. The summed E-state index contributed by atoms with van der Waals surface area (Å²) in [5.41, 5.74) is 1.46. The Morgan fingerprint density at radius 1 is 1.24 bits per heavy atom. The summed E-state index contributed by atoms with van der Waals surface area (Å²) >= 11 is 3.45. The first kappa shape index (κ1) is 19.5. The van der Waals surface area contributed by atoms with Gasteiger partial charge in [0.25, 0.3) is 0 Å². The van der Waals surface area contributed by atoms with Crippen LogP contribution in [0.4, 0.5) is 21.5 Å². The molecule has 2 heterocycles. The van der Waals surface area contributed by atoms with Crippen LogP contribution in [0.1, 0.15) is 18.4 Å². The molecule has 2 aliphatic rings. The summed E-state index contributed by atoms with van der Waals surface area (Å²) < 4.78 is 14.6. The zero-order valence-corrected chi connectivity index (χ0v) is 16.9. The third-order valence-corrected chi connectivity index (χ3v) is 5.83. The zero-order valence-electron chi connectivity index (χ0n) is 15.3. The van der Waals surface area contributed by atoms with Gasteiger partial charge in [0.05, 0.1) is 16.5 Å². The predicted molar refractivity (Wildman–Crippen MR) is 108 cm³/mol. The first-order chi connectivity index (χ1) is 13.8. The normalized spacial score (nSPS) is 18.7. The van der Waals surface area contributed by atoms with Crippen LogP contribution in [-0.4, -0.2) is 29.8 Å². The summed E-state index contributed by atoms with van der Waals surface area (Å²) in [6.45, 7) is 0.697. The number of hydrogen-bond donors (Lipinski definition) is 0. The second kappa shape index (κ2) is 7.55. The van der Waals surface area contributed by atoms with Gasteiger partial charge >= 0.3 is 5.69 Å². The lowest BCUT2D eigenvalue weighted by Gasteiger charge is -2.31. The minimum Gasteiger partial charge on any atom is -0.312 e. The molecular weight excluding hydrogens is 445 g/mol. The first-order valence-corrected chi connectivity index (χ1v) is 9.98. The number of halogens is 2. The fourth-order valence-corrected chi connectivity index (χ4v) is 4.35. The second-order valence-corrected chi connectivity index (χ2v) is 8.08. The van der Waals surface area contributed by atoms with E-state index in [0.29, 0.717) is 6.54 Å². The van der Waals surface area contributed by atoms with Gasteiger partial charge < -0.3 is 9.80 Å². The van der Waals surface area contributed by atoms with Crippen molar-refractivity contribution in [2.45, 2.75) is 19.3 Å². The summed E-state index contributed by atoms with van der Waals surface area (Å²) in [5.74, 6) is -1.96. The minimum absolute atomic E-state index is 0.0202. The summed E-state index contributed by atoms with van der Waals surface area (Å²) in [4.78, 5) is 38.9. The molecular formula is C20H17BrFN3O4. The summed E-state index contributed by atoms with van der Waals surface area (Å²) in [6, 6.07) is 9.10. The highest BCUT2D eigenvalue weighted by Crippen LogP contribution is 2.34. The van der Waals surface area contributed by atoms with E-state index in [4.69, 9.17) is 0 Å². The average Bonchev–Trinajstić information content (AvgIpc) is 3.08. The van der Waals surface area contributed by atoms with Gasteiger partial charge in [0, 0.05) is 35.7 Å². The molecule has 0 saturated carbocycles. The Hall–Kier alpha value is -2.81. The van der Waals surface area contributed by atoms with Crippen molar-refractivity contribution in [1.82, 2.24) is 0 Å².